The van der Waals surface area contributed by atoms with Gasteiger partial charge in [0.25, 0.3) is 0 Å². The highest BCUT2D eigenvalue weighted by atomic mass is 19.1. The second-order valence-electron chi connectivity index (χ2n) is 1.30. The monoisotopic (exact) mass is 98.0 g/mol. The van der Waals surface area contributed by atoms with E-state index in [1.54, 1.807) is 12.3 Å². The SMILES string of the molecule is F[C]1C=CC=NC1. The average Bonchev–Trinajstić information content (AvgIpc) is 1.69. The van der Waals surface area contributed by atoms with Gasteiger partial charge in [0.1, 0.15) is 0 Å². The summed E-state index contributed by atoms with van der Waals surface area (Å²) in [5.41, 5.74) is 0. The number of hydrogen-bond donors (Lipinski definition) is 0. The zero-order valence-corrected chi connectivity index (χ0v) is 3.76. The van der Waals surface area contributed by atoms with Crippen LogP contribution in [0.1, 0.15) is 0 Å². The van der Waals surface area contributed by atoms with E-state index in [2.05, 4.69) is 4.99 Å². The lowest BCUT2D eigenvalue weighted by atomic mass is 10.3. The first-order valence-corrected chi connectivity index (χ1v) is 2.07. The summed E-state index contributed by atoms with van der Waals surface area (Å²) in [6, 6.07) is 0. The van der Waals surface area contributed by atoms with E-state index in [-0.39, 0.29) is 12.7 Å². The van der Waals surface area contributed by atoms with Crippen molar-refractivity contribution in [3.63, 3.8) is 0 Å². The number of halogens is 1. The molecule has 1 aliphatic rings. The molecule has 37 valence electrons. The van der Waals surface area contributed by atoms with Crippen molar-refractivity contribution in [2.45, 2.75) is 0 Å². The van der Waals surface area contributed by atoms with Gasteiger partial charge < -0.3 is 0 Å². The Kier molecular flexibility index (Phi) is 1.20. The van der Waals surface area contributed by atoms with E-state index in [1.807, 2.05) is 0 Å². The first kappa shape index (κ1) is 4.50. The third-order valence-electron chi connectivity index (χ3n) is 0.711. The van der Waals surface area contributed by atoms with Crippen LogP contribution in [0.2, 0.25) is 0 Å². The predicted octanol–water partition coefficient (Wildman–Crippen LogP) is 1.13. The van der Waals surface area contributed by atoms with Crippen molar-refractivity contribution in [2.24, 2.45) is 4.99 Å². The first-order valence-electron chi connectivity index (χ1n) is 2.07. The molecule has 0 aliphatic carbocycles. The van der Waals surface area contributed by atoms with E-state index in [0.717, 1.165) is 0 Å². The summed E-state index contributed by atoms with van der Waals surface area (Å²) in [7, 11) is 0. The quantitative estimate of drug-likeness (QED) is 0.430. The Labute approximate surface area is 41.6 Å². The molecule has 0 aromatic heterocycles. The Morgan fingerprint density at radius 2 is 2.57 bits per heavy atom. The van der Waals surface area contributed by atoms with E-state index in [1.165, 1.54) is 6.08 Å². The minimum absolute atomic E-state index is 0.164. The first-order chi connectivity index (χ1) is 3.39. The molecule has 1 nitrogen and oxygen atoms in total. The van der Waals surface area contributed by atoms with E-state index in [4.69, 9.17) is 0 Å². The van der Waals surface area contributed by atoms with E-state index < -0.39 is 0 Å². The van der Waals surface area contributed by atoms with Crippen molar-refractivity contribution in [3.05, 3.63) is 18.3 Å². The molecule has 0 spiro atoms. The Morgan fingerprint density at radius 1 is 1.71 bits per heavy atom. The van der Waals surface area contributed by atoms with Crippen molar-refractivity contribution >= 4 is 6.21 Å². The highest BCUT2D eigenvalue weighted by Gasteiger charge is 2.01. The maximum absolute atomic E-state index is 11.9. The van der Waals surface area contributed by atoms with Gasteiger partial charge in [-0.05, 0) is 12.2 Å². The fourth-order valence-electron chi connectivity index (χ4n) is 0.401. The summed E-state index contributed by atoms with van der Waals surface area (Å²) in [6.45, 7) is 0.219. The maximum atomic E-state index is 11.9. The summed E-state index contributed by atoms with van der Waals surface area (Å²) in [4.78, 5) is 3.63. The van der Waals surface area contributed by atoms with E-state index >= 15 is 0 Å². The third kappa shape index (κ3) is 1.11. The maximum Gasteiger partial charge on any atom is 0.188 e. The highest BCUT2D eigenvalue weighted by molar-refractivity contribution is 5.72. The third-order valence-corrected chi connectivity index (χ3v) is 0.711. The van der Waals surface area contributed by atoms with Crippen LogP contribution in [0.5, 0.6) is 0 Å². The zero-order chi connectivity index (χ0) is 5.11. The van der Waals surface area contributed by atoms with Gasteiger partial charge in [-0.2, -0.15) is 0 Å². The zero-order valence-electron chi connectivity index (χ0n) is 3.76. The van der Waals surface area contributed by atoms with Crippen molar-refractivity contribution in [3.8, 4) is 0 Å². The van der Waals surface area contributed by atoms with Gasteiger partial charge in [-0.3, -0.25) is 4.99 Å². The van der Waals surface area contributed by atoms with Crippen molar-refractivity contribution in [1.29, 1.82) is 0 Å². The van der Waals surface area contributed by atoms with Crippen LogP contribution >= 0.6 is 0 Å². The number of hydrogen-bond acceptors (Lipinski definition) is 1. The summed E-state index contributed by atoms with van der Waals surface area (Å²) >= 11 is 0. The lowest BCUT2D eigenvalue weighted by Crippen LogP contribution is -1.93. The van der Waals surface area contributed by atoms with Crippen LogP contribution < -0.4 is 0 Å². The molecule has 0 aromatic carbocycles. The number of nitrogens with zero attached hydrogens (tertiary/aromatic N) is 1. The van der Waals surface area contributed by atoms with Crippen LogP contribution in [-0.4, -0.2) is 12.8 Å². The largest absolute Gasteiger partial charge is 0.289 e. The van der Waals surface area contributed by atoms with E-state index in [9.17, 15) is 4.39 Å². The van der Waals surface area contributed by atoms with Gasteiger partial charge in [0.05, 0.1) is 6.54 Å². The van der Waals surface area contributed by atoms with Gasteiger partial charge in [-0.25, -0.2) is 4.39 Å². The fourth-order valence-corrected chi connectivity index (χ4v) is 0.401. The molecule has 0 unspecified atom stereocenters. The normalized spacial score (nSPS) is 20.7. The van der Waals surface area contributed by atoms with E-state index in [0.29, 0.717) is 0 Å². The number of rotatable bonds is 0. The molecule has 0 saturated heterocycles. The second kappa shape index (κ2) is 1.87. The molecule has 0 amide bonds. The van der Waals surface area contributed by atoms with Crippen LogP contribution in [0.25, 0.3) is 0 Å². The summed E-state index contributed by atoms with van der Waals surface area (Å²) in [5.74, 6) is 0. The minimum atomic E-state index is -0.164. The van der Waals surface area contributed by atoms with Crippen LogP contribution in [0.15, 0.2) is 17.1 Å². The molecule has 0 fully saturated rings. The number of dihydropyridines is 1. The van der Waals surface area contributed by atoms with Gasteiger partial charge in [-0.1, -0.05) is 0 Å². The average molecular weight is 98.1 g/mol. The topological polar surface area (TPSA) is 12.4 Å². The van der Waals surface area contributed by atoms with Gasteiger partial charge in [0.2, 0.25) is 0 Å². The van der Waals surface area contributed by atoms with Gasteiger partial charge >= 0.3 is 0 Å². The summed E-state index contributed by atoms with van der Waals surface area (Å²) in [5, 5.41) is 0. The molecule has 0 bridgehead atoms. The molecule has 0 atom stereocenters. The number of allylic oxidation sites excluding steroid dienone is 1. The van der Waals surface area contributed by atoms with Crippen LogP contribution in [-0.2, 0) is 0 Å². The lowest BCUT2D eigenvalue weighted by molar-refractivity contribution is 0.534. The molecule has 1 heterocycles. The molecule has 0 N–H and O–H groups in total. The second-order valence-corrected chi connectivity index (χ2v) is 1.30. The van der Waals surface area contributed by atoms with Gasteiger partial charge in [0, 0.05) is 6.21 Å². The Balaban J connectivity index is 2.49. The van der Waals surface area contributed by atoms with Crippen molar-refractivity contribution in [2.75, 3.05) is 6.54 Å². The summed E-state index contributed by atoms with van der Waals surface area (Å²) in [6.07, 6.45) is 4.41. The van der Waals surface area contributed by atoms with Crippen LogP contribution in [0, 0.1) is 6.17 Å². The van der Waals surface area contributed by atoms with Crippen LogP contribution in [0.3, 0.4) is 0 Å². The molecule has 1 radical (unpaired) electrons. The predicted molar refractivity (Wildman–Crippen MR) is 26.8 cm³/mol. The molecule has 0 aromatic rings. The molecular formula is C5H5FN. The fraction of sp³-hybridized carbons (Fsp3) is 0.200. The molecule has 1 rings (SSSR count). The smallest absolute Gasteiger partial charge is 0.188 e. The van der Waals surface area contributed by atoms with Gasteiger partial charge in [0.15, 0.2) is 6.17 Å². The highest BCUT2D eigenvalue weighted by Crippen LogP contribution is 2.05. The minimum Gasteiger partial charge on any atom is -0.289 e. The Hall–Kier alpha value is -0.660. The molecule has 7 heavy (non-hydrogen) atoms. The Bertz CT molecular complexity index is 107. The Morgan fingerprint density at radius 3 is 2.86 bits per heavy atom. The van der Waals surface area contributed by atoms with Crippen molar-refractivity contribution in [1.82, 2.24) is 0 Å². The molecule has 0 saturated carbocycles. The van der Waals surface area contributed by atoms with Crippen LogP contribution in [0.4, 0.5) is 4.39 Å². The number of aliphatic imine (C=N–C) groups is 1. The molecule has 2 heteroatoms. The summed E-state index contributed by atoms with van der Waals surface area (Å²) < 4.78 is 11.9. The molecular weight excluding hydrogens is 93.1 g/mol. The molecule has 1 aliphatic heterocycles. The lowest BCUT2D eigenvalue weighted by Gasteiger charge is -1.96. The van der Waals surface area contributed by atoms with Gasteiger partial charge in [-0.15, -0.1) is 0 Å². The van der Waals surface area contributed by atoms with Crippen molar-refractivity contribution < 1.29 is 4.39 Å². The standard InChI is InChI=1S/C5H5FN/c6-5-2-1-3-7-4-5/h1-3H,4H2.